The molecule has 1 N–H and O–H groups in total. The third kappa shape index (κ3) is 3.54. The van der Waals surface area contributed by atoms with Crippen molar-refractivity contribution in [3.8, 4) is 0 Å². The molecule has 1 aliphatic heterocycles. The molecule has 0 aliphatic carbocycles. The first-order valence-corrected chi connectivity index (χ1v) is 9.71. The van der Waals surface area contributed by atoms with Gasteiger partial charge in [0.2, 0.25) is 5.91 Å². The van der Waals surface area contributed by atoms with Gasteiger partial charge in [0.1, 0.15) is 17.5 Å². The van der Waals surface area contributed by atoms with E-state index in [1.165, 1.54) is 18.2 Å². The number of aromatic nitrogens is 2. The standard InChI is InChI=1S/C23H21F2N5O/c1-13(27-21-20(26-4)23(2,3)22(31)28-21)30-19-10-9-15(24)12-16(19)18(29-30)11-14-7-5-6-8-17(14)25/h5-10,12H,4,11H2,1-3H3,(H,28,31)/b27-13+. The van der Waals surface area contributed by atoms with Crippen LogP contribution >= 0.6 is 0 Å². The van der Waals surface area contributed by atoms with Crippen LogP contribution in [-0.4, -0.2) is 28.2 Å². The number of nitrogens with zero attached hydrogens (tertiary/aromatic N) is 4. The second kappa shape index (κ2) is 7.54. The predicted molar refractivity (Wildman–Crippen MR) is 116 cm³/mol. The van der Waals surface area contributed by atoms with E-state index in [2.05, 4.69) is 27.1 Å². The third-order valence-corrected chi connectivity index (χ3v) is 5.39. The van der Waals surface area contributed by atoms with E-state index in [9.17, 15) is 13.6 Å². The van der Waals surface area contributed by atoms with Crippen molar-refractivity contribution < 1.29 is 13.6 Å². The molecule has 0 radical (unpaired) electrons. The first-order chi connectivity index (χ1) is 14.7. The second-order valence-electron chi connectivity index (χ2n) is 7.88. The van der Waals surface area contributed by atoms with Gasteiger partial charge >= 0.3 is 0 Å². The van der Waals surface area contributed by atoms with Gasteiger partial charge < -0.3 is 5.32 Å². The summed E-state index contributed by atoms with van der Waals surface area (Å²) < 4.78 is 29.7. The SMILES string of the molecule is C=NC1=C(/N=C(\C)n2nc(Cc3ccccc3F)c3cc(F)ccc32)NC(=O)C1(C)C. The summed E-state index contributed by atoms with van der Waals surface area (Å²) in [6, 6.07) is 10.7. The maximum Gasteiger partial charge on any atom is 0.237 e. The average Bonchev–Trinajstić information content (AvgIpc) is 3.17. The fourth-order valence-corrected chi connectivity index (χ4v) is 3.64. The molecule has 1 amide bonds. The van der Waals surface area contributed by atoms with Gasteiger partial charge in [-0.2, -0.15) is 5.10 Å². The molecule has 31 heavy (non-hydrogen) atoms. The summed E-state index contributed by atoms with van der Waals surface area (Å²) in [5.74, 6) is -0.264. The molecule has 1 aromatic heterocycles. The van der Waals surface area contributed by atoms with Gasteiger partial charge in [-0.1, -0.05) is 18.2 Å². The number of hydrogen-bond acceptors (Lipinski definition) is 4. The average molecular weight is 421 g/mol. The van der Waals surface area contributed by atoms with Crippen molar-refractivity contribution in [3.05, 3.63) is 76.9 Å². The number of halogens is 2. The van der Waals surface area contributed by atoms with Gasteiger partial charge in [0.15, 0.2) is 5.82 Å². The molecule has 3 aromatic rings. The lowest BCUT2D eigenvalue weighted by molar-refractivity contribution is -0.125. The monoisotopic (exact) mass is 421 g/mol. The molecular weight excluding hydrogens is 400 g/mol. The zero-order valence-corrected chi connectivity index (χ0v) is 17.4. The van der Waals surface area contributed by atoms with E-state index in [0.717, 1.165) is 0 Å². The minimum atomic E-state index is -0.855. The quantitative estimate of drug-likeness (QED) is 0.507. The molecule has 1 aliphatic rings. The minimum absolute atomic E-state index is 0.193. The Morgan fingerprint density at radius 1 is 1.23 bits per heavy atom. The van der Waals surface area contributed by atoms with Gasteiger partial charge in [0.05, 0.1) is 22.3 Å². The zero-order chi connectivity index (χ0) is 22.3. The summed E-state index contributed by atoms with van der Waals surface area (Å²) in [5.41, 5.74) is 1.17. The minimum Gasteiger partial charge on any atom is -0.308 e. The van der Waals surface area contributed by atoms with E-state index in [-0.39, 0.29) is 18.1 Å². The van der Waals surface area contributed by atoms with Gasteiger partial charge in [-0.25, -0.2) is 18.5 Å². The topological polar surface area (TPSA) is 71.6 Å². The molecule has 158 valence electrons. The Morgan fingerprint density at radius 2 is 1.97 bits per heavy atom. The Balaban J connectivity index is 1.83. The summed E-state index contributed by atoms with van der Waals surface area (Å²) in [7, 11) is 0. The fraction of sp³-hybridized carbons (Fsp3) is 0.217. The van der Waals surface area contributed by atoms with Crippen LogP contribution in [0.4, 0.5) is 8.78 Å². The van der Waals surface area contributed by atoms with Crippen molar-refractivity contribution in [3.63, 3.8) is 0 Å². The number of nitrogens with one attached hydrogen (secondary N) is 1. The van der Waals surface area contributed by atoms with Crippen LogP contribution in [0.1, 0.15) is 32.0 Å². The highest BCUT2D eigenvalue weighted by Gasteiger charge is 2.41. The van der Waals surface area contributed by atoms with Crippen LogP contribution in [0.5, 0.6) is 0 Å². The first kappa shape index (κ1) is 20.6. The summed E-state index contributed by atoms with van der Waals surface area (Å²) in [6.45, 7) is 8.75. The Kier molecular flexibility index (Phi) is 5.00. The second-order valence-corrected chi connectivity index (χ2v) is 7.88. The molecule has 2 heterocycles. The molecule has 0 fully saturated rings. The Morgan fingerprint density at radius 3 is 2.68 bits per heavy atom. The number of benzene rings is 2. The Labute approximate surface area is 178 Å². The summed E-state index contributed by atoms with van der Waals surface area (Å²) in [6.07, 6.45) is 0.193. The molecule has 0 saturated heterocycles. The Hall–Kier alpha value is -3.68. The molecule has 0 saturated carbocycles. The summed E-state index contributed by atoms with van der Waals surface area (Å²) in [4.78, 5) is 20.8. The van der Waals surface area contributed by atoms with Crippen molar-refractivity contribution in [2.24, 2.45) is 15.4 Å². The first-order valence-electron chi connectivity index (χ1n) is 9.71. The smallest absolute Gasteiger partial charge is 0.237 e. The van der Waals surface area contributed by atoms with E-state index in [4.69, 9.17) is 0 Å². The fourth-order valence-electron chi connectivity index (χ4n) is 3.64. The number of amides is 1. The maximum atomic E-state index is 14.2. The van der Waals surface area contributed by atoms with Crippen LogP contribution < -0.4 is 5.32 Å². The molecule has 0 bridgehead atoms. The lowest BCUT2D eigenvalue weighted by atomic mass is 9.91. The van der Waals surface area contributed by atoms with Gasteiger partial charge in [-0.3, -0.25) is 9.79 Å². The molecule has 0 unspecified atom stereocenters. The zero-order valence-electron chi connectivity index (χ0n) is 17.4. The van der Waals surface area contributed by atoms with Crippen LogP contribution in [0, 0.1) is 17.0 Å². The lowest BCUT2D eigenvalue weighted by Gasteiger charge is -2.14. The van der Waals surface area contributed by atoms with Crippen LogP contribution in [0.3, 0.4) is 0 Å². The van der Waals surface area contributed by atoms with Crippen molar-refractivity contribution in [2.45, 2.75) is 27.2 Å². The van der Waals surface area contributed by atoms with Crippen LogP contribution in [0.2, 0.25) is 0 Å². The number of hydrogen-bond donors (Lipinski definition) is 1. The van der Waals surface area contributed by atoms with E-state index < -0.39 is 11.2 Å². The largest absolute Gasteiger partial charge is 0.308 e. The van der Waals surface area contributed by atoms with E-state index in [1.807, 2.05) is 0 Å². The molecule has 8 heteroatoms. The van der Waals surface area contributed by atoms with Gasteiger partial charge in [-0.15, -0.1) is 0 Å². The molecule has 0 spiro atoms. The molecule has 2 aromatic carbocycles. The highest BCUT2D eigenvalue weighted by Crippen LogP contribution is 2.35. The van der Waals surface area contributed by atoms with Crippen LogP contribution in [0.15, 0.2) is 64.0 Å². The van der Waals surface area contributed by atoms with E-state index >= 15 is 0 Å². The molecular formula is C23H21F2N5O. The van der Waals surface area contributed by atoms with Crippen molar-refractivity contribution >= 4 is 29.4 Å². The lowest BCUT2D eigenvalue weighted by Crippen LogP contribution is -2.28. The third-order valence-electron chi connectivity index (χ3n) is 5.39. The predicted octanol–water partition coefficient (Wildman–Crippen LogP) is 4.20. The normalized spacial score (nSPS) is 16.2. The molecule has 0 atom stereocenters. The van der Waals surface area contributed by atoms with Gasteiger partial charge in [-0.05, 0) is 57.3 Å². The number of aliphatic imine (C=N–C) groups is 2. The maximum absolute atomic E-state index is 14.2. The van der Waals surface area contributed by atoms with Crippen molar-refractivity contribution in [1.29, 1.82) is 0 Å². The molecule has 6 nitrogen and oxygen atoms in total. The highest BCUT2D eigenvalue weighted by atomic mass is 19.1. The van der Waals surface area contributed by atoms with Crippen molar-refractivity contribution in [1.82, 2.24) is 15.1 Å². The van der Waals surface area contributed by atoms with Crippen LogP contribution in [0.25, 0.3) is 10.9 Å². The van der Waals surface area contributed by atoms with E-state index in [1.54, 1.807) is 49.7 Å². The van der Waals surface area contributed by atoms with Gasteiger partial charge in [0, 0.05) is 11.8 Å². The van der Waals surface area contributed by atoms with Gasteiger partial charge in [0.25, 0.3) is 0 Å². The van der Waals surface area contributed by atoms with Crippen molar-refractivity contribution in [2.75, 3.05) is 0 Å². The highest BCUT2D eigenvalue weighted by molar-refractivity contribution is 5.96. The number of rotatable bonds is 4. The summed E-state index contributed by atoms with van der Waals surface area (Å²) in [5, 5.41) is 7.87. The number of carbonyl (C=O) groups is 1. The molecule has 4 rings (SSSR count). The Bertz CT molecular complexity index is 1290. The number of carbonyl (C=O) groups excluding carboxylic acids is 1. The summed E-state index contributed by atoms with van der Waals surface area (Å²) >= 11 is 0. The van der Waals surface area contributed by atoms with Crippen LogP contribution in [-0.2, 0) is 11.2 Å². The van der Waals surface area contributed by atoms with E-state index in [0.29, 0.717) is 39.5 Å². The number of fused-ring (bicyclic) bond motifs is 1.